The second-order valence-corrected chi connectivity index (χ2v) is 8.09. The molecule has 2 atom stereocenters. The maximum Gasteiger partial charge on any atom is 0.227 e. The number of likely N-dealkylation sites (tertiary alicyclic amines) is 1. The molecule has 0 unspecified atom stereocenters. The number of aromatic amines is 1. The molecule has 0 saturated carbocycles. The highest BCUT2D eigenvalue weighted by Crippen LogP contribution is 2.32. The molecule has 150 valence electrons. The first-order valence-corrected chi connectivity index (χ1v) is 9.95. The lowest BCUT2D eigenvalue weighted by Gasteiger charge is -2.36. The number of carbonyl (C=O) groups is 1. The van der Waals surface area contributed by atoms with E-state index in [1.54, 1.807) is 12.1 Å². The van der Waals surface area contributed by atoms with Gasteiger partial charge in [0.05, 0.1) is 5.92 Å². The standard InChI is InChI=1S/C21H28FN5O/c1-15-23-11-20(24-15)18-13-25(2)14-19(18)21(28)27-8-6-26(7-9-27)12-16-4-3-5-17(22)10-16/h3-5,10-11,18-19H,6-9,12-14H2,1-2H3,(H,23,24)/t18-,19-/m0/s1. The van der Waals surface area contributed by atoms with Gasteiger partial charge in [-0.15, -0.1) is 0 Å². The van der Waals surface area contributed by atoms with Gasteiger partial charge in [0, 0.05) is 63.6 Å². The van der Waals surface area contributed by atoms with E-state index >= 15 is 0 Å². The van der Waals surface area contributed by atoms with Gasteiger partial charge in [-0.2, -0.15) is 0 Å². The molecule has 0 radical (unpaired) electrons. The zero-order valence-corrected chi connectivity index (χ0v) is 16.6. The Morgan fingerprint density at radius 3 is 2.71 bits per heavy atom. The molecule has 2 aliphatic heterocycles. The SMILES string of the molecule is Cc1ncc([C@H]2CN(C)C[C@@H]2C(=O)N2CCN(Cc3cccc(F)c3)CC2)[nH]1. The average molecular weight is 385 g/mol. The number of aromatic nitrogens is 2. The van der Waals surface area contributed by atoms with Crippen molar-refractivity contribution in [1.29, 1.82) is 0 Å². The Balaban J connectivity index is 1.36. The van der Waals surface area contributed by atoms with Crippen molar-refractivity contribution in [2.45, 2.75) is 19.4 Å². The van der Waals surface area contributed by atoms with Gasteiger partial charge >= 0.3 is 0 Å². The molecule has 2 fully saturated rings. The van der Waals surface area contributed by atoms with Crippen LogP contribution in [0.3, 0.4) is 0 Å². The van der Waals surface area contributed by atoms with Gasteiger partial charge in [0.1, 0.15) is 11.6 Å². The average Bonchev–Trinajstić information content (AvgIpc) is 3.27. The van der Waals surface area contributed by atoms with Gasteiger partial charge in [0.25, 0.3) is 0 Å². The quantitative estimate of drug-likeness (QED) is 0.873. The number of aryl methyl sites for hydroxylation is 1. The van der Waals surface area contributed by atoms with Gasteiger partial charge in [-0.1, -0.05) is 12.1 Å². The first-order valence-electron chi connectivity index (χ1n) is 9.95. The Kier molecular flexibility index (Phi) is 5.46. The van der Waals surface area contributed by atoms with Gasteiger partial charge in [-0.05, 0) is 31.7 Å². The van der Waals surface area contributed by atoms with Crippen molar-refractivity contribution < 1.29 is 9.18 Å². The van der Waals surface area contributed by atoms with Gasteiger partial charge in [-0.3, -0.25) is 9.69 Å². The molecule has 1 amide bonds. The third-order valence-corrected chi connectivity index (χ3v) is 5.92. The van der Waals surface area contributed by atoms with E-state index in [0.29, 0.717) is 0 Å². The number of hydrogen-bond donors (Lipinski definition) is 1. The summed E-state index contributed by atoms with van der Waals surface area (Å²) in [5, 5.41) is 0. The summed E-state index contributed by atoms with van der Waals surface area (Å²) in [4.78, 5) is 27.4. The molecule has 2 saturated heterocycles. The second kappa shape index (κ2) is 8.01. The highest BCUT2D eigenvalue weighted by atomic mass is 19.1. The van der Waals surface area contributed by atoms with E-state index < -0.39 is 0 Å². The summed E-state index contributed by atoms with van der Waals surface area (Å²) >= 11 is 0. The smallest absolute Gasteiger partial charge is 0.227 e. The number of nitrogens with one attached hydrogen (secondary N) is 1. The van der Waals surface area contributed by atoms with Gasteiger partial charge in [-0.25, -0.2) is 9.37 Å². The van der Waals surface area contributed by atoms with Crippen LogP contribution in [0.2, 0.25) is 0 Å². The van der Waals surface area contributed by atoms with Crippen LogP contribution in [-0.2, 0) is 11.3 Å². The molecule has 6 nitrogen and oxygen atoms in total. The van der Waals surface area contributed by atoms with Crippen LogP contribution in [0.25, 0.3) is 0 Å². The van der Waals surface area contributed by atoms with Crippen molar-refractivity contribution in [1.82, 2.24) is 24.7 Å². The van der Waals surface area contributed by atoms with E-state index in [1.165, 1.54) is 6.07 Å². The summed E-state index contributed by atoms with van der Waals surface area (Å²) in [6.07, 6.45) is 1.87. The third-order valence-electron chi connectivity index (χ3n) is 5.92. The number of likely N-dealkylation sites (N-methyl/N-ethyl adjacent to an activating group) is 1. The summed E-state index contributed by atoms with van der Waals surface area (Å²) in [6.45, 7) is 7.41. The molecule has 28 heavy (non-hydrogen) atoms. The fraction of sp³-hybridized carbons (Fsp3) is 0.524. The Labute approximate surface area is 165 Å². The third kappa shape index (κ3) is 4.10. The largest absolute Gasteiger partial charge is 0.346 e. The summed E-state index contributed by atoms with van der Waals surface area (Å²) in [7, 11) is 2.07. The minimum absolute atomic E-state index is 0.0281. The van der Waals surface area contributed by atoms with E-state index in [2.05, 4.69) is 26.8 Å². The predicted molar refractivity (Wildman–Crippen MR) is 105 cm³/mol. The number of hydrogen-bond acceptors (Lipinski definition) is 4. The van der Waals surface area contributed by atoms with Crippen molar-refractivity contribution in [3.05, 3.63) is 53.4 Å². The summed E-state index contributed by atoms with van der Waals surface area (Å²) in [5.41, 5.74) is 2.04. The molecular formula is C21H28FN5O. The van der Waals surface area contributed by atoms with Gasteiger partial charge < -0.3 is 14.8 Å². The molecule has 7 heteroatoms. The van der Waals surface area contributed by atoms with E-state index in [4.69, 9.17) is 0 Å². The topological polar surface area (TPSA) is 55.5 Å². The Morgan fingerprint density at radius 1 is 1.25 bits per heavy atom. The lowest BCUT2D eigenvalue weighted by Crippen LogP contribution is -2.50. The lowest BCUT2D eigenvalue weighted by atomic mass is 9.92. The molecule has 0 spiro atoms. The van der Waals surface area contributed by atoms with Gasteiger partial charge in [0.2, 0.25) is 5.91 Å². The van der Waals surface area contributed by atoms with E-state index in [-0.39, 0.29) is 23.6 Å². The van der Waals surface area contributed by atoms with Crippen LogP contribution in [0, 0.1) is 18.7 Å². The number of amides is 1. The number of nitrogens with zero attached hydrogens (tertiary/aromatic N) is 4. The highest BCUT2D eigenvalue weighted by Gasteiger charge is 2.40. The lowest BCUT2D eigenvalue weighted by molar-refractivity contribution is -0.137. The van der Waals surface area contributed by atoms with Crippen molar-refractivity contribution in [2.24, 2.45) is 5.92 Å². The predicted octanol–water partition coefficient (Wildman–Crippen LogP) is 1.85. The van der Waals surface area contributed by atoms with E-state index in [1.807, 2.05) is 24.1 Å². The Bertz CT molecular complexity index is 830. The number of benzene rings is 1. The maximum absolute atomic E-state index is 13.4. The first kappa shape index (κ1) is 19.1. The molecule has 0 bridgehead atoms. The first-order chi connectivity index (χ1) is 13.5. The number of H-pyrrole nitrogens is 1. The van der Waals surface area contributed by atoms with E-state index in [0.717, 1.165) is 62.9 Å². The highest BCUT2D eigenvalue weighted by molar-refractivity contribution is 5.80. The normalized spacial score (nSPS) is 24.0. The Hall–Kier alpha value is -2.25. The minimum Gasteiger partial charge on any atom is -0.346 e. The van der Waals surface area contributed by atoms with Crippen LogP contribution in [0.15, 0.2) is 30.5 Å². The zero-order chi connectivity index (χ0) is 19.7. The van der Waals surface area contributed by atoms with E-state index in [9.17, 15) is 9.18 Å². The number of carbonyl (C=O) groups excluding carboxylic acids is 1. The van der Waals surface area contributed by atoms with Crippen molar-refractivity contribution >= 4 is 5.91 Å². The summed E-state index contributed by atoms with van der Waals surface area (Å²) < 4.78 is 13.4. The molecule has 1 N–H and O–H groups in total. The van der Waals surface area contributed by atoms with Crippen molar-refractivity contribution in [3.63, 3.8) is 0 Å². The fourth-order valence-corrected chi connectivity index (χ4v) is 4.45. The maximum atomic E-state index is 13.4. The van der Waals surface area contributed by atoms with Gasteiger partial charge in [0.15, 0.2) is 0 Å². The second-order valence-electron chi connectivity index (χ2n) is 8.09. The molecule has 1 aromatic heterocycles. The molecule has 4 rings (SSSR count). The molecule has 0 aliphatic carbocycles. The van der Waals surface area contributed by atoms with Crippen LogP contribution in [-0.4, -0.2) is 76.9 Å². The number of imidazole rings is 1. The molecule has 2 aromatic rings. The minimum atomic E-state index is -0.197. The molecular weight excluding hydrogens is 357 g/mol. The van der Waals surface area contributed by atoms with Crippen LogP contribution >= 0.6 is 0 Å². The van der Waals surface area contributed by atoms with Crippen LogP contribution in [0.4, 0.5) is 4.39 Å². The fourth-order valence-electron chi connectivity index (χ4n) is 4.45. The Morgan fingerprint density at radius 2 is 2.04 bits per heavy atom. The van der Waals surface area contributed by atoms with Crippen LogP contribution < -0.4 is 0 Å². The van der Waals surface area contributed by atoms with Crippen LogP contribution in [0.5, 0.6) is 0 Å². The molecule has 1 aromatic carbocycles. The monoisotopic (exact) mass is 385 g/mol. The molecule has 3 heterocycles. The number of halogens is 1. The van der Waals surface area contributed by atoms with Crippen molar-refractivity contribution in [3.8, 4) is 0 Å². The van der Waals surface area contributed by atoms with Crippen LogP contribution in [0.1, 0.15) is 23.0 Å². The summed E-state index contributed by atoms with van der Waals surface area (Å²) in [6, 6.07) is 6.75. The number of piperazine rings is 1. The number of rotatable bonds is 4. The summed E-state index contributed by atoms with van der Waals surface area (Å²) in [5.74, 6) is 1.08. The zero-order valence-electron chi connectivity index (χ0n) is 16.6. The van der Waals surface area contributed by atoms with Crippen molar-refractivity contribution in [2.75, 3.05) is 46.3 Å². The molecule has 2 aliphatic rings.